The van der Waals surface area contributed by atoms with Gasteiger partial charge < -0.3 is 11.5 Å². The Morgan fingerprint density at radius 2 is 2.11 bits per heavy atom. The Bertz CT molecular complexity index is 265. The second-order valence-corrected chi connectivity index (χ2v) is 1.44. The summed E-state index contributed by atoms with van der Waals surface area (Å²) < 4.78 is 0. The van der Waals surface area contributed by atoms with Crippen molar-refractivity contribution in [3.63, 3.8) is 0 Å². The molecule has 0 aliphatic rings. The molecule has 0 radical (unpaired) electrons. The van der Waals surface area contributed by atoms with Gasteiger partial charge in [-0.05, 0) is 0 Å². The smallest absolute Gasteiger partial charge is 0.292 e. The van der Waals surface area contributed by atoms with E-state index in [-0.39, 0.29) is 11.5 Å². The van der Waals surface area contributed by atoms with Crippen molar-refractivity contribution in [1.82, 2.24) is 15.4 Å². The number of anilines is 2. The van der Waals surface area contributed by atoms with Gasteiger partial charge >= 0.3 is 0 Å². The quantitative estimate of drug-likeness (QED) is 0.386. The number of nitrogens with zero attached hydrogens (tertiary/aromatic N) is 2. The molecule has 9 heavy (non-hydrogen) atoms. The molecule has 0 fully saturated rings. The summed E-state index contributed by atoms with van der Waals surface area (Å²) in [5.74, 6) is -0.0428. The molecule has 0 amide bonds. The fourth-order valence-electron chi connectivity index (χ4n) is 0.355. The van der Waals surface area contributed by atoms with Crippen molar-refractivity contribution in [3.05, 3.63) is 10.4 Å². The lowest BCUT2D eigenvalue weighted by Gasteiger charge is -1.90. The molecule has 1 aromatic rings. The molecule has 0 spiro atoms. The van der Waals surface area contributed by atoms with Crippen molar-refractivity contribution in [2.45, 2.75) is 0 Å². The van der Waals surface area contributed by atoms with Crippen LogP contribution in [-0.4, -0.2) is 15.4 Å². The lowest BCUT2D eigenvalue weighted by atomic mass is 10.5. The summed E-state index contributed by atoms with van der Waals surface area (Å²) >= 11 is 0. The summed E-state index contributed by atoms with van der Waals surface area (Å²) in [5.41, 5.74) is 9.61. The maximum atomic E-state index is 10.5. The molecule has 0 unspecified atom stereocenters. The highest BCUT2D eigenvalue weighted by atomic mass is 16.1. The van der Waals surface area contributed by atoms with E-state index in [2.05, 4.69) is 10.3 Å². The van der Waals surface area contributed by atoms with Crippen LogP contribution in [0.1, 0.15) is 0 Å². The van der Waals surface area contributed by atoms with Crippen LogP contribution >= 0.6 is 0 Å². The van der Waals surface area contributed by atoms with E-state index < -0.39 is 5.56 Å². The molecule has 48 valence electrons. The number of aromatic nitrogens is 3. The number of nitrogens with two attached hydrogens (primary N) is 2. The predicted molar refractivity (Wildman–Crippen MR) is 31.5 cm³/mol. The summed E-state index contributed by atoms with van der Waals surface area (Å²) in [6.45, 7) is 0. The molecular formula is C3H5N5O. The molecule has 6 heteroatoms. The minimum absolute atomic E-state index is 0.0428. The maximum absolute atomic E-state index is 10.5. The van der Waals surface area contributed by atoms with Crippen molar-refractivity contribution in [2.75, 3.05) is 11.5 Å². The summed E-state index contributed by atoms with van der Waals surface area (Å²) in [6, 6.07) is 0. The van der Waals surface area contributed by atoms with E-state index in [9.17, 15) is 4.79 Å². The van der Waals surface area contributed by atoms with Crippen LogP contribution in [0.15, 0.2) is 4.79 Å². The van der Waals surface area contributed by atoms with Gasteiger partial charge in [0.2, 0.25) is 0 Å². The topological polar surface area (TPSA) is 111 Å². The van der Waals surface area contributed by atoms with Crippen LogP contribution in [0, 0.1) is 0 Å². The summed E-state index contributed by atoms with van der Waals surface area (Å²) in [6.07, 6.45) is 0. The Hall–Kier alpha value is -1.59. The van der Waals surface area contributed by atoms with Crippen LogP contribution in [-0.2, 0) is 0 Å². The van der Waals surface area contributed by atoms with Gasteiger partial charge in [-0.15, -0.1) is 5.10 Å². The Kier molecular flexibility index (Phi) is 1.07. The second-order valence-electron chi connectivity index (χ2n) is 1.44. The molecule has 1 rings (SSSR count). The molecule has 6 nitrogen and oxygen atoms in total. The second kappa shape index (κ2) is 1.73. The minimum Gasteiger partial charge on any atom is -0.391 e. The Labute approximate surface area is 49.9 Å². The number of H-pyrrole nitrogens is 1. The van der Waals surface area contributed by atoms with Crippen LogP contribution in [0.4, 0.5) is 11.5 Å². The number of aromatic amines is 1. The monoisotopic (exact) mass is 127 g/mol. The van der Waals surface area contributed by atoms with Gasteiger partial charge in [-0.25, -0.2) is 5.10 Å². The lowest BCUT2D eigenvalue weighted by Crippen LogP contribution is -2.17. The van der Waals surface area contributed by atoms with E-state index >= 15 is 0 Å². The molecule has 0 saturated carbocycles. The molecule has 1 aromatic heterocycles. The van der Waals surface area contributed by atoms with Crippen molar-refractivity contribution in [3.8, 4) is 0 Å². The molecule has 1 heterocycles. The van der Waals surface area contributed by atoms with Crippen molar-refractivity contribution < 1.29 is 0 Å². The number of nitrogen functional groups attached to an aromatic ring is 2. The van der Waals surface area contributed by atoms with E-state index in [1.807, 2.05) is 5.10 Å². The average molecular weight is 127 g/mol. The first kappa shape index (κ1) is 5.54. The van der Waals surface area contributed by atoms with E-state index in [0.29, 0.717) is 0 Å². The first-order valence-electron chi connectivity index (χ1n) is 2.18. The number of hydrogen-bond donors (Lipinski definition) is 3. The van der Waals surface area contributed by atoms with Gasteiger partial charge in [0.15, 0.2) is 5.82 Å². The summed E-state index contributed by atoms with van der Waals surface area (Å²) in [7, 11) is 0. The fourth-order valence-corrected chi connectivity index (χ4v) is 0.355. The molecule has 0 aliphatic carbocycles. The molecule has 0 aromatic carbocycles. The summed E-state index contributed by atoms with van der Waals surface area (Å²) in [4.78, 5) is 10.5. The average Bonchev–Trinajstić information content (AvgIpc) is 1.83. The fraction of sp³-hybridized carbons (Fsp3) is 0. The van der Waals surface area contributed by atoms with Crippen LogP contribution in [0.25, 0.3) is 0 Å². The lowest BCUT2D eigenvalue weighted by molar-refractivity contribution is 0.853. The zero-order valence-corrected chi connectivity index (χ0v) is 4.46. The number of nitrogens with one attached hydrogen (secondary N) is 1. The first-order chi connectivity index (χ1) is 4.22. The van der Waals surface area contributed by atoms with Crippen LogP contribution < -0.4 is 17.0 Å². The largest absolute Gasteiger partial charge is 0.391 e. The Balaban J connectivity index is 3.43. The highest BCUT2D eigenvalue weighted by Crippen LogP contribution is 1.96. The maximum Gasteiger partial charge on any atom is 0.292 e. The number of hydrogen-bond acceptors (Lipinski definition) is 5. The zero-order valence-electron chi connectivity index (χ0n) is 4.46. The molecule has 0 atom stereocenters. The standard InChI is InChI=1S/C3H5N5O/c4-1-2(5)6-8-7-3(1)9/h(H2,4,8)(H3,5,6,7,9). The zero-order chi connectivity index (χ0) is 6.85. The van der Waals surface area contributed by atoms with Gasteiger partial charge in [-0.3, -0.25) is 4.79 Å². The van der Waals surface area contributed by atoms with Crippen molar-refractivity contribution in [1.29, 1.82) is 0 Å². The van der Waals surface area contributed by atoms with Crippen LogP contribution in [0.5, 0.6) is 0 Å². The molecule has 0 saturated heterocycles. The third-order valence-corrected chi connectivity index (χ3v) is 0.830. The van der Waals surface area contributed by atoms with Gasteiger partial charge in [-0.1, -0.05) is 5.21 Å². The highest BCUT2D eigenvalue weighted by Gasteiger charge is 1.97. The third kappa shape index (κ3) is 0.809. The highest BCUT2D eigenvalue weighted by molar-refractivity contribution is 5.54. The van der Waals surface area contributed by atoms with Gasteiger partial charge in [-0.2, -0.15) is 0 Å². The van der Waals surface area contributed by atoms with Gasteiger partial charge in [0.05, 0.1) is 0 Å². The predicted octanol–water partition coefficient (Wildman–Crippen LogP) is -1.67. The van der Waals surface area contributed by atoms with E-state index in [0.717, 1.165) is 0 Å². The molecule has 0 bridgehead atoms. The van der Waals surface area contributed by atoms with Crippen molar-refractivity contribution >= 4 is 11.5 Å². The number of rotatable bonds is 0. The van der Waals surface area contributed by atoms with Crippen LogP contribution in [0.2, 0.25) is 0 Å². The Morgan fingerprint density at radius 1 is 1.44 bits per heavy atom. The molecule has 0 aliphatic heterocycles. The first-order valence-corrected chi connectivity index (χ1v) is 2.18. The molecule has 5 N–H and O–H groups in total. The van der Waals surface area contributed by atoms with Crippen LogP contribution in [0.3, 0.4) is 0 Å². The summed E-state index contributed by atoms with van der Waals surface area (Å²) in [5, 5.41) is 8.46. The van der Waals surface area contributed by atoms with E-state index in [4.69, 9.17) is 11.5 Å². The minimum atomic E-state index is -0.512. The normalized spacial score (nSPS) is 9.33. The molecular weight excluding hydrogens is 122 g/mol. The van der Waals surface area contributed by atoms with Gasteiger partial charge in [0, 0.05) is 0 Å². The van der Waals surface area contributed by atoms with Crippen molar-refractivity contribution in [2.24, 2.45) is 0 Å². The SMILES string of the molecule is Nc1nn[nH]c(=O)c1N. The van der Waals surface area contributed by atoms with E-state index in [1.165, 1.54) is 0 Å². The van der Waals surface area contributed by atoms with Gasteiger partial charge in [0.1, 0.15) is 5.69 Å². The third-order valence-electron chi connectivity index (χ3n) is 0.830. The van der Waals surface area contributed by atoms with E-state index in [1.54, 1.807) is 0 Å². The van der Waals surface area contributed by atoms with Gasteiger partial charge in [0.25, 0.3) is 5.56 Å². The Morgan fingerprint density at radius 3 is 2.56 bits per heavy atom.